The van der Waals surface area contributed by atoms with E-state index in [4.69, 9.17) is 9.72 Å². The molecular formula is C37H42F4N8O2. The molecule has 4 aromatic rings. The van der Waals surface area contributed by atoms with Crippen LogP contribution < -0.4 is 10.1 Å². The third-order valence-electron chi connectivity index (χ3n) is 9.62. The van der Waals surface area contributed by atoms with Gasteiger partial charge in [0.15, 0.2) is 0 Å². The number of fused-ring (bicyclic) bond motifs is 1. The van der Waals surface area contributed by atoms with E-state index in [2.05, 4.69) is 25.7 Å². The normalized spacial score (nSPS) is 17.3. The SMILES string of the molecule is COc1ccc(C2C=NN=N2)cc1C(=O)N(C)CC(CCN1CCC(Nc2nc3ccccc3n2CCCC(F)(F)F)CC1)c1ccc(F)cc1. The van der Waals surface area contributed by atoms with Crippen LogP contribution in [0.2, 0.25) is 0 Å². The number of imidazole rings is 1. The van der Waals surface area contributed by atoms with Crippen molar-refractivity contribution in [1.82, 2.24) is 19.4 Å². The minimum absolute atomic E-state index is 0.0184. The van der Waals surface area contributed by atoms with Gasteiger partial charge >= 0.3 is 6.18 Å². The van der Waals surface area contributed by atoms with Gasteiger partial charge in [0.05, 0.1) is 29.9 Å². The van der Waals surface area contributed by atoms with Crippen LogP contribution in [-0.4, -0.2) is 84.0 Å². The number of aryl methyl sites for hydroxylation is 1. The number of piperidine rings is 1. The number of likely N-dealkylation sites (N-methyl/N-ethyl adjacent to an activating group) is 1. The summed E-state index contributed by atoms with van der Waals surface area (Å²) < 4.78 is 60.0. The van der Waals surface area contributed by atoms with Crippen LogP contribution in [0.5, 0.6) is 5.75 Å². The summed E-state index contributed by atoms with van der Waals surface area (Å²) in [5.41, 5.74) is 3.70. The average molecular weight is 707 g/mol. The van der Waals surface area contributed by atoms with Crippen LogP contribution in [-0.2, 0) is 6.54 Å². The second kappa shape index (κ2) is 16.0. The molecule has 1 N–H and O–H groups in total. The van der Waals surface area contributed by atoms with E-state index in [1.54, 1.807) is 42.4 Å². The lowest BCUT2D eigenvalue weighted by Crippen LogP contribution is -2.40. The van der Waals surface area contributed by atoms with E-state index in [0.717, 1.165) is 61.1 Å². The monoisotopic (exact) mass is 706 g/mol. The number of nitrogens with one attached hydrogen (secondary N) is 1. The van der Waals surface area contributed by atoms with Crippen molar-refractivity contribution in [2.75, 3.05) is 45.7 Å². The van der Waals surface area contributed by atoms with E-state index in [-0.39, 0.29) is 42.7 Å². The lowest BCUT2D eigenvalue weighted by molar-refractivity contribution is -0.135. The zero-order valence-electron chi connectivity index (χ0n) is 28.7. The first-order valence-electron chi connectivity index (χ1n) is 17.2. The number of benzene rings is 3. The maximum atomic E-state index is 13.9. The van der Waals surface area contributed by atoms with Crippen molar-refractivity contribution < 1.29 is 27.1 Å². The molecule has 1 saturated heterocycles. The number of amides is 1. The van der Waals surface area contributed by atoms with E-state index in [9.17, 15) is 22.4 Å². The van der Waals surface area contributed by atoms with E-state index < -0.39 is 12.6 Å². The Kier molecular flexibility index (Phi) is 11.3. The van der Waals surface area contributed by atoms with Gasteiger partial charge in [-0.05, 0) is 85.0 Å². The molecule has 14 heteroatoms. The first-order valence-corrected chi connectivity index (χ1v) is 17.2. The lowest BCUT2D eigenvalue weighted by Gasteiger charge is -2.34. The van der Waals surface area contributed by atoms with Gasteiger partial charge in [-0.25, -0.2) is 9.37 Å². The van der Waals surface area contributed by atoms with Crippen molar-refractivity contribution in [1.29, 1.82) is 0 Å². The molecule has 2 aliphatic heterocycles. The predicted octanol–water partition coefficient (Wildman–Crippen LogP) is 7.84. The zero-order valence-corrected chi connectivity index (χ0v) is 28.7. The lowest BCUT2D eigenvalue weighted by atomic mass is 9.93. The van der Waals surface area contributed by atoms with Gasteiger partial charge in [-0.15, -0.1) is 5.10 Å². The molecule has 1 fully saturated rings. The number of aromatic nitrogens is 2. The highest BCUT2D eigenvalue weighted by atomic mass is 19.4. The molecule has 1 aromatic heterocycles. The highest BCUT2D eigenvalue weighted by Crippen LogP contribution is 2.30. The number of nitrogens with zero attached hydrogens (tertiary/aromatic N) is 7. The number of likely N-dealkylation sites (tertiary alicyclic amines) is 1. The molecule has 10 nitrogen and oxygen atoms in total. The highest BCUT2D eigenvalue weighted by Gasteiger charge is 2.28. The summed E-state index contributed by atoms with van der Waals surface area (Å²) in [5, 5.41) is 15.1. The van der Waals surface area contributed by atoms with Crippen LogP contribution >= 0.6 is 0 Å². The maximum absolute atomic E-state index is 13.9. The van der Waals surface area contributed by atoms with Crippen LogP contribution in [0, 0.1) is 5.82 Å². The van der Waals surface area contributed by atoms with Crippen molar-refractivity contribution in [3.05, 3.63) is 89.2 Å². The molecule has 0 saturated carbocycles. The number of carbonyl (C=O) groups excluding carboxylic acids is 1. The van der Waals surface area contributed by atoms with Gasteiger partial charge < -0.3 is 24.4 Å². The Morgan fingerprint density at radius 2 is 1.82 bits per heavy atom. The fourth-order valence-corrected chi connectivity index (χ4v) is 6.83. The molecule has 270 valence electrons. The Labute approximate surface area is 294 Å². The molecule has 0 bridgehead atoms. The third kappa shape index (κ3) is 9.09. The predicted molar refractivity (Wildman–Crippen MR) is 188 cm³/mol. The van der Waals surface area contributed by atoms with Crippen LogP contribution in [0.15, 0.2) is 82.2 Å². The Balaban J connectivity index is 1.08. The van der Waals surface area contributed by atoms with E-state index in [0.29, 0.717) is 23.8 Å². The summed E-state index contributed by atoms with van der Waals surface area (Å²) in [6.45, 7) is 3.05. The second-order valence-corrected chi connectivity index (χ2v) is 13.2. The number of alkyl halides is 3. The number of hydrogen-bond acceptors (Lipinski definition) is 8. The molecular weight excluding hydrogens is 664 g/mol. The zero-order chi connectivity index (χ0) is 36.0. The Morgan fingerprint density at radius 3 is 2.53 bits per heavy atom. The second-order valence-electron chi connectivity index (χ2n) is 13.2. The number of carbonyl (C=O) groups is 1. The Morgan fingerprint density at radius 1 is 1.06 bits per heavy atom. The molecule has 2 aliphatic rings. The fraction of sp³-hybridized carbons (Fsp3) is 0.432. The summed E-state index contributed by atoms with van der Waals surface area (Å²) in [6.07, 6.45) is -1.02. The number of methoxy groups -OCH3 is 1. The molecule has 0 aliphatic carbocycles. The molecule has 0 spiro atoms. The van der Waals surface area contributed by atoms with Crippen LogP contribution in [0.4, 0.5) is 23.5 Å². The Bertz CT molecular complexity index is 1840. The van der Waals surface area contributed by atoms with E-state index in [1.165, 1.54) is 19.2 Å². The number of ether oxygens (including phenoxy) is 1. The topological polar surface area (TPSA) is 99.7 Å². The standard InChI is InChI=1S/C37H42F4N8O2/c1-47(35(50)30-22-26(10-13-34(30)51-2)32-23-42-46-45-32)24-27(25-8-11-28(38)12-9-25)14-19-48-20-15-29(16-21-48)43-36-44-31-6-3-4-7-33(31)49(36)18-5-17-37(39,40)41/h3-4,6-13,22-23,27,29,32H,5,14-21,24H2,1-2H3,(H,43,44). The van der Waals surface area contributed by atoms with Crippen molar-refractivity contribution in [2.45, 2.75) is 62.8 Å². The molecule has 2 atom stereocenters. The van der Waals surface area contributed by atoms with Crippen LogP contribution in [0.1, 0.15) is 65.5 Å². The number of anilines is 1. The van der Waals surface area contributed by atoms with Crippen LogP contribution in [0.25, 0.3) is 11.0 Å². The average Bonchev–Trinajstić information content (AvgIpc) is 3.79. The largest absolute Gasteiger partial charge is 0.496 e. The van der Waals surface area contributed by atoms with Gasteiger partial charge in [0.2, 0.25) is 5.95 Å². The maximum Gasteiger partial charge on any atom is 0.389 e. The van der Waals surface area contributed by atoms with Gasteiger partial charge in [-0.2, -0.15) is 18.3 Å². The quantitative estimate of drug-likeness (QED) is 0.135. The van der Waals surface area contributed by atoms with E-state index in [1.807, 2.05) is 34.9 Å². The first-order chi connectivity index (χ1) is 24.6. The molecule has 3 heterocycles. The first kappa shape index (κ1) is 36.0. The number of para-hydroxylation sites is 2. The van der Waals surface area contributed by atoms with E-state index >= 15 is 0 Å². The van der Waals surface area contributed by atoms with Crippen molar-refractivity contribution in [2.24, 2.45) is 15.4 Å². The summed E-state index contributed by atoms with van der Waals surface area (Å²) in [6, 6.07) is 19.1. The fourth-order valence-electron chi connectivity index (χ4n) is 6.83. The number of rotatable bonds is 14. The Hall–Kier alpha value is -4.85. The molecule has 3 aromatic carbocycles. The van der Waals surface area contributed by atoms with Gasteiger partial charge in [0, 0.05) is 51.6 Å². The summed E-state index contributed by atoms with van der Waals surface area (Å²) in [5.74, 6) is 0.471. The minimum atomic E-state index is -4.20. The van der Waals surface area contributed by atoms with Crippen LogP contribution in [0.3, 0.4) is 0 Å². The third-order valence-corrected chi connectivity index (χ3v) is 9.62. The number of hydrogen-bond donors (Lipinski definition) is 1. The van der Waals surface area contributed by atoms with Crippen molar-refractivity contribution in [3.63, 3.8) is 0 Å². The summed E-state index contributed by atoms with van der Waals surface area (Å²) in [4.78, 5) is 22.6. The van der Waals surface area contributed by atoms with Crippen molar-refractivity contribution in [3.8, 4) is 5.75 Å². The highest BCUT2D eigenvalue weighted by molar-refractivity contribution is 5.97. The van der Waals surface area contributed by atoms with Gasteiger partial charge in [-0.1, -0.05) is 30.3 Å². The minimum Gasteiger partial charge on any atom is -0.496 e. The molecule has 0 radical (unpaired) electrons. The molecule has 2 unspecified atom stereocenters. The summed E-state index contributed by atoms with van der Waals surface area (Å²) in [7, 11) is 3.28. The number of halogens is 4. The van der Waals surface area contributed by atoms with Gasteiger partial charge in [0.1, 0.15) is 17.6 Å². The van der Waals surface area contributed by atoms with Crippen molar-refractivity contribution >= 4 is 29.1 Å². The van der Waals surface area contributed by atoms with Gasteiger partial charge in [-0.3, -0.25) is 4.79 Å². The summed E-state index contributed by atoms with van der Waals surface area (Å²) >= 11 is 0. The van der Waals surface area contributed by atoms with Gasteiger partial charge in [0.25, 0.3) is 5.91 Å². The molecule has 6 rings (SSSR count). The smallest absolute Gasteiger partial charge is 0.389 e. The molecule has 51 heavy (non-hydrogen) atoms. The molecule has 1 amide bonds.